The van der Waals surface area contributed by atoms with Crippen LogP contribution in [0.3, 0.4) is 0 Å². The molecule has 0 bridgehead atoms. The molecule has 88 valence electrons. The zero-order chi connectivity index (χ0) is 11.6. The van der Waals surface area contributed by atoms with Gasteiger partial charge in [-0.15, -0.1) is 0 Å². The van der Waals surface area contributed by atoms with Gasteiger partial charge in [-0.3, -0.25) is 0 Å². The van der Waals surface area contributed by atoms with Crippen molar-refractivity contribution in [2.75, 3.05) is 13.2 Å². The molecule has 0 unspecified atom stereocenters. The maximum absolute atomic E-state index is 12.7. The van der Waals surface area contributed by atoms with Gasteiger partial charge in [0.15, 0.2) is 6.10 Å². The van der Waals surface area contributed by atoms with Crippen molar-refractivity contribution >= 4 is 0 Å². The van der Waals surface area contributed by atoms with Crippen LogP contribution in [-0.2, 0) is 9.47 Å². The number of epoxide rings is 1. The first-order valence-electron chi connectivity index (χ1n) is 4.92. The van der Waals surface area contributed by atoms with Gasteiger partial charge in [0.2, 0.25) is 0 Å². The first-order chi connectivity index (χ1) is 7.57. The van der Waals surface area contributed by atoms with E-state index in [9.17, 15) is 13.2 Å². The Balaban J connectivity index is 2.07. The number of benzene rings is 1. The van der Waals surface area contributed by atoms with Crippen LogP contribution in [0, 0.1) is 0 Å². The molecule has 1 aromatic rings. The molecule has 0 aliphatic carbocycles. The molecule has 0 radical (unpaired) electrons. The number of hydrogen-bond donors (Lipinski definition) is 0. The highest BCUT2D eigenvalue weighted by atomic mass is 19.4. The molecule has 2 nitrogen and oxygen atoms in total. The third-order valence-corrected chi connectivity index (χ3v) is 2.25. The van der Waals surface area contributed by atoms with E-state index in [1.165, 1.54) is 12.1 Å². The van der Waals surface area contributed by atoms with Crippen LogP contribution in [0.25, 0.3) is 0 Å². The Kier molecular flexibility index (Phi) is 3.16. The Bertz CT molecular complexity index is 333. The molecule has 0 aromatic heterocycles. The highest BCUT2D eigenvalue weighted by Crippen LogP contribution is 2.36. The van der Waals surface area contributed by atoms with Gasteiger partial charge in [0.25, 0.3) is 0 Å². The fourth-order valence-corrected chi connectivity index (χ4v) is 1.38. The molecule has 1 aromatic carbocycles. The summed E-state index contributed by atoms with van der Waals surface area (Å²) in [5, 5.41) is 0. The molecule has 0 saturated carbocycles. The molecule has 2 rings (SSSR count). The summed E-state index contributed by atoms with van der Waals surface area (Å²) in [6, 6.07) is 7.61. The van der Waals surface area contributed by atoms with E-state index in [4.69, 9.17) is 9.47 Å². The molecule has 0 N–H and O–H groups in total. The Morgan fingerprint density at radius 3 is 2.44 bits per heavy atom. The second-order valence-electron chi connectivity index (χ2n) is 3.62. The lowest BCUT2D eigenvalue weighted by Crippen LogP contribution is -2.25. The number of hydrogen-bond acceptors (Lipinski definition) is 2. The zero-order valence-electron chi connectivity index (χ0n) is 8.41. The number of rotatable bonds is 4. The summed E-state index contributed by atoms with van der Waals surface area (Å²) in [7, 11) is 0. The first kappa shape index (κ1) is 11.4. The van der Waals surface area contributed by atoms with E-state index in [-0.39, 0.29) is 18.3 Å². The predicted octanol–water partition coefficient (Wildman–Crippen LogP) is 2.71. The molecular weight excluding hydrogens is 221 g/mol. The molecule has 5 heteroatoms. The van der Waals surface area contributed by atoms with E-state index < -0.39 is 12.3 Å². The molecule has 1 saturated heterocycles. The SMILES string of the molecule is FC(F)(F)[C@@H](OC[C@@H]1CO1)c1ccccc1. The fraction of sp³-hybridized carbons (Fsp3) is 0.455. The van der Waals surface area contributed by atoms with Crippen LogP contribution >= 0.6 is 0 Å². The summed E-state index contributed by atoms with van der Waals surface area (Å²) in [5.41, 5.74) is 0.121. The van der Waals surface area contributed by atoms with Crippen molar-refractivity contribution in [1.82, 2.24) is 0 Å². The Morgan fingerprint density at radius 1 is 1.31 bits per heavy atom. The van der Waals surface area contributed by atoms with Crippen LogP contribution in [0.4, 0.5) is 13.2 Å². The topological polar surface area (TPSA) is 21.8 Å². The van der Waals surface area contributed by atoms with Gasteiger partial charge in [0.1, 0.15) is 6.10 Å². The van der Waals surface area contributed by atoms with Gasteiger partial charge in [-0.25, -0.2) is 0 Å². The summed E-state index contributed by atoms with van der Waals surface area (Å²) >= 11 is 0. The number of ether oxygens (including phenoxy) is 2. The van der Waals surface area contributed by atoms with Crippen molar-refractivity contribution in [1.29, 1.82) is 0 Å². The third kappa shape index (κ3) is 2.96. The van der Waals surface area contributed by atoms with Crippen molar-refractivity contribution in [3.05, 3.63) is 35.9 Å². The monoisotopic (exact) mass is 232 g/mol. The minimum Gasteiger partial charge on any atom is -0.371 e. The van der Waals surface area contributed by atoms with Crippen LogP contribution in [0.1, 0.15) is 11.7 Å². The molecule has 0 spiro atoms. The van der Waals surface area contributed by atoms with Crippen molar-refractivity contribution in [3.8, 4) is 0 Å². The average Bonchev–Trinajstić information content (AvgIpc) is 3.01. The lowest BCUT2D eigenvalue weighted by atomic mass is 10.1. The lowest BCUT2D eigenvalue weighted by Gasteiger charge is -2.20. The lowest BCUT2D eigenvalue weighted by molar-refractivity contribution is -0.224. The normalized spacial score (nSPS) is 21.8. The Morgan fingerprint density at radius 2 is 1.94 bits per heavy atom. The van der Waals surface area contributed by atoms with E-state index in [1.807, 2.05) is 0 Å². The Hall–Kier alpha value is -1.07. The van der Waals surface area contributed by atoms with Gasteiger partial charge >= 0.3 is 6.18 Å². The van der Waals surface area contributed by atoms with E-state index >= 15 is 0 Å². The number of alkyl halides is 3. The quantitative estimate of drug-likeness (QED) is 0.744. The summed E-state index contributed by atoms with van der Waals surface area (Å²) in [6.07, 6.45) is -6.43. The van der Waals surface area contributed by atoms with Crippen LogP contribution in [0.15, 0.2) is 30.3 Å². The average molecular weight is 232 g/mol. The van der Waals surface area contributed by atoms with E-state index in [0.29, 0.717) is 6.61 Å². The van der Waals surface area contributed by atoms with Crippen molar-refractivity contribution in [2.24, 2.45) is 0 Å². The molecule has 1 heterocycles. The molecule has 0 amide bonds. The van der Waals surface area contributed by atoms with Gasteiger partial charge in [-0.05, 0) is 5.56 Å². The van der Waals surface area contributed by atoms with Gasteiger partial charge in [0, 0.05) is 0 Å². The Labute approximate surface area is 91.0 Å². The highest BCUT2D eigenvalue weighted by Gasteiger charge is 2.42. The van der Waals surface area contributed by atoms with Crippen molar-refractivity contribution < 1.29 is 22.6 Å². The largest absolute Gasteiger partial charge is 0.418 e. The van der Waals surface area contributed by atoms with Crippen molar-refractivity contribution in [3.63, 3.8) is 0 Å². The van der Waals surface area contributed by atoms with E-state index in [2.05, 4.69) is 0 Å². The molecular formula is C11H11F3O2. The summed E-state index contributed by atoms with van der Waals surface area (Å²) in [4.78, 5) is 0. The summed E-state index contributed by atoms with van der Waals surface area (Å²) in [5.74, 6) is 0. The first-order valence-corrected chi connectivity index (χ1v) is 4.92. The maximum atomic E-state index is 12.7. The summed E-state index contributed by atoms with van der Waals surface area (Å²) < 4.78 is 47.8. The second kappa shape index (κ2) is 4.43. The van der Waals surface area contributed by atoms with Gasteiger partial charge in [-0.2, -0.15) is 13.2 Å². The second-order valence-corrected chi connectivity index (χ2v) is 3.62. The maximum Gasteiger partial charge on any atom is 0.418 e. The van der Waals surface area contributed by atoms with Crippen LogP contribution in [0.2, 0.25) is 0 Å². The minimum absolute atomic E-state index is 0.0148. The smallest absolute Gasteiger partial charge is 0.371 e. The molecule has 16 heavy (non-hydrogen) atoms. The summed E-state index contributed by atoms with van der Waals surface area (Å²) in [6.45, 7) is 0.471. The van der Waals surface area contributed by atoms with Gasteiger partial charge < -0.3 is 9.47 Å². The minimum atomic E-state index is -4.39. The molecule has 1 fully saturated rings. The van der Waals surface area contributed by atoms with E-state index in [1.54, 1.807) is 18.2 Å². The fourth-order valence-electron chi connectivity index (χ4n) is 1.38. The van der Waals surface area contributed by atoms with Crippen LogP contribution in [0.5, 0.6) is 0 Å². The highest BCUT2D eigenvalue weighted by molar-refractivity contribution is 5.18. The van der Waals surface area contributed by atoms with Gasteiger partial charge in [0.05, 0.1) is 13.2 Å². The standard InChI is InChI=1S/C11H11F3O2/c12-11(13,14)10(16-7-9-6-15-9)8-4-2-1-3-5-8/h1-5,9-10H,6-7H2/t9-,10-/m0/s1. The van der Waals surface area contributed by atoms with Crippen LogP contribution in [-0.4, -0.2) is 25.5 Å². The molecule has 1 aliphatic rings. The van der Waals surface area contributed by atoms with Crippen LogP contribution < -0.4 is 0 Å². The zero-order valence-corrected chi connectivity index (χ0v) is 8.41. The molecule has 2 atom stereocenters. The third-order valence-electron chi connectivity index (χ3n) is 2.25. The van der Waals surface area contributed by atoms with E-state index in [0.717, 1.165) is 0 Å². The predicted molar refractivity (Wildman–Crippen MR) is 50.9 cm³/mol. The van der Waals surface area contributed by atoms with Gasteiger partial charge in [-0.1, -0.05) is 30.3 Å². The van der Waals surface area contributed by atoms with Crippen molar-refractivity contribution in [2.45, 2.75) is 18.4 Å². The number of halogens is 3. The molecule has 1 aliphatic heterocycles.